The molecule has 0 aliphatic heterocycles. The summed E-state index contributed by atoms with van der Waals surface area (Å²) in [5.41, 5.74) is -0.628. The molecule has 0 radical (unpaired) electrons. The molecule has 3 rings (SSSR count). The quantitative estimate of drug-likeness (QED) is 0.529. The Morgan fingerprint density at radius 1 is 1.18 bits per heavy atom. The van der Waals surface area contributed by atoms with Gasteiger partial charge in [-0.05, 0) is 36.4 Å². The second-order valence-electron chi connectivity index (χ2n) is 4.55. The molecule has 0 aliphatic rings. The van der Waals surface area contributed by atoms with E-state index in [1.807, 2.05) is 0 Å². The van der Waals surface area contributed by atoms with Crippen molar-refractivity contribution in [2.75, 3.05) is 5.84 Å². The van der Waals surface area contributed by atoms with Gasteiger partial charge in [-0.1, -0.05) is 15.9 Å². The minimum atomic E-state index is -0.672. The highest BCUT2D eigenvalue weighted by Crippen LogP contribution is 2.23. The number of aromatic nitrogens is 1. The van der Waals surface area contributed by atoms with Gasteiger partial charge < -0.3 is 10.3 Å². The third-order valence-corrected chi connectivity index (χ3v) is 3.70. The van der Waals surface area contributed by atoms with E-state index in [4.69, 9.17) is 15.5 Å². The van der Waals surface area contributed by atoms with Crippen molar-refractivity contribution in [3.63, 3.8) is 0 Å². The number of nitrogen functional groups attached to an aromatic ring is 1. The molecular formula is C15H8BrN3O3. The Morgan fingerprint density at radius 2 is 1.95 bits per heavy atom. The maximum absolute atomic E-state index is 12.1. The van der Waals surface area contributed by atoms with Crippen LogP contribution in [0.25, 0.3) is 22.2 Å². The monoisotopic (exact) mass is 357 g/mol. The molecule has 0 aliphatic carbocycles. The van der Waals surface area contributed by atoms with Crippen molar-refractivity contribution in [2.45, 2.75) is 0 Å². The molecular weight excluding hydrogens is 350 g/mol. The number of hydrogen-bond donors (Lipinski definition) is 1. The average molecular weight is 358 g/mol. The summed E-state index contributed by atoms with van der Waals surface area (Å²) in [5, 5.41) is 9.51. The van der Waals surface area contributed by atoms with Crippen LogP contribution in [-0.4, -0.2) is 4.68 Å². The van der Waals surface area contributed by atoms with E-state index < -0.39 is 11.2 Å². The highest BCUT2D eigenvalue weighted by Gasteiger charge is 2.13. The first-order chi connectivity index (χ1) is 10.5. The molecule has 3 aromatic rings. The lowest BCUT2D eigenvalue weighted by Crippen LogP contribution is -2.31. The average Bonchev–Trinajstić information content (AvgIpc) is 2.50. The first-order valence-electron chi connectivity index (χ1n) is 6.16. The van der Waals surface area contributed by atoms with Crippen LogP contribution in [0, 0.1) is 11.3 Å². The fourth-order valence-corrected chi connectivity index (χ4v) is 2.51. The molecule has 2 N–H and O–H groups in total. The van der Waals surface area contributed by atoms with Crippen molar-refractivity contribution in [3.05, 3.63) is 67.2 Å². The number of benzene rings is 1. The summed E-state index contributed by atoms with van der Waals surface area (Å²) >= 11 is 3.34. The number of nitrogens with two attached hydrogens (primary N) is 1. The molecule has 2 aromatic heterocycles. The topological polar surface area (TPSA) is 102 Å². The summed E-state index contributed by atoms with van der Waals surface area (Å²) < 4.78 is 6.84. The molecule has 2 heterocycles. The zero-order valence-corrected chi connectivity index (χ0v) is 12.6. The van der Waals surface area contributed by atoms with E-state index in [-0.39, 0.29) is 16.8 Å². The third kappa shape index (κ3) is 2.19. The van der Waals surface area contributed by atoms with Crippen LogP contribution in [-0.2, 0) is 0 Å². The molecule has 0 unspecified atom stereocenters. The molecule has 0 saturated heterocycles. The molecule has 22 heavy (non-hydrogen) atoms. The van der Waals surface area contributed by atoms with Crippen molar-refractivity contribution >= 4 is 26.9 Å². The molecule has 0 amide bonds. The van der Waals surface area contributed by atoms with Gasteiger partial charge in [-0.3, -0.25) is 4.79 Å². The molecule has 1 aromatic carbocycles. The number of pyridine rings is 1. The van der Waals surface area contributed by atoms with E-state index in [2.05, 4.69) is 15.9 Å². The van der Waals surface area contributed by atoms with Gasteiger partial charge in [0, 0.05) is 9.86 Å². The van der Waals surface area contributed by atoms with E-state index in [9.17, 15) is 9.59 Å². The molecule has 0 atom stereocenters. The summed E-state index contributed by atoms with van der Waals surface area (Å²) in [6.45, 7) is 0. The van der Waals surface area contributed by atoms with Gasteiger partial charge in [0.2, 0.25) is 0 Å². The summed E-state index contributed by atoms with van der Waals surface area (Å²) in [6, 6.07) is 11.3. The van der Waals surface area contributed by atoms with Crippen molar-refractivity contribution < 1.29 is 4.42 Å². The molecule has 0 fully saturated rings. The lowest BCUT2D eigenvalue weighted by atomic mass is 10.1. The highest BCUT2D eigenvalue weighted by molar-refractivity contribution is 9.10. The standard InChI is InChI=1S/C15H8BrN3O3/c16-10-2-4-13-9(5-10)6-11(15(21)22-13)12-3-1-8(7-17)14(20)19(12)18/h1-6H,18H2. The first-order valence-corrected chi connectivity index (χ1v) is 6.95. The number of nitriles is 1. The summed E-state index contributed by atoms with van der Waals surface area (Å²) in [4.78, 5) is 24.0. The fourth-order valence-electron chi connectivity index (χ4n) is 2.13. The van der Waals surface area contributed by atoms with Gasteiger partial charge in [0.15, 0.2) is 0 Å². The molecule has 6 nitrogen and oxygen atoms in total. The van der Waals surface area contributed by atoms with Crippen LogP contribution in [0.2, 0.25) is 0 Å². The summed E-state index contributed by atoms with van der Waals surface area (Å²) in [7, 11) is 0. The maximum Gasteiger partial charge on any atom is 0.345 e. The minimum absolute atomic E-state index is 0.0980. The Morgan fingerprint density at radius 3 is 2.68 bits per heavy atom. The lowest BCUT2D eigenvalue weighted by Gasteiger charge is -2.08. The van der Waals surface area contributed by atoms with Gasteiger partial charge in [-0.15, -0.1) is 0 Å². The Balaban J connectivity index is 2.34. The maximum atomic E-state index is 12.1. The van der Waals surface area contributed by atoms with Crippen LogP contribution < -0.4 is 17.0 Å². The van der Waals surface area contributed by atoms with Gasteiger partial charge in [0.1, 0.15) is 17.2 Å². The van der Waals surface area contributed by atoms with Gasteiger partial charge in [-0.25, -0.2) is 9.47 Å². The Bertz CT molecular complexity index is 1060. The van der Waals surface area contributed by atoms with Gasteiger partial charge in [0.05, 0.1) is 11.3 Å². The van der Waals surface area contributed by atoms with Gasteiger partial charge in [0.25, 0.3) is 5.56 Å². The zero-order valence-electron chi connectivity index (χ0n) is 11.0. The van der Waals surface area contributed by atoms with Crippen molar-refractivity contribution in [1.82, 2.24) is 4.68 Å². The highest BCUT2D eigenvalue weighted by atomic mass is 79.9. The Kier molecular flexibility index (Phi) is 3.31. The Hall–Kier alpha value is -2.85. The lowest BCUT2D eigenvalue weighted by molar-refractivity contribution is 0.562. The van der Waals surface area contributed by atoms with Crippen LogP contribution in [0.5, 0.6) is 0 Å². The van der Waals surface area contributed by atoms with Crippen molar-refractivity contribution in [2.24, 2.45) is 0 Å². The van der Waals surface area contributed by atoms with Gasteiger partial charge in [-0.2, -0.15) is 5.26 Å². The van der Waals surface area contributed by atoms with Crippen LogP contribution in [0.3, 0.4) is 0 Å². The molecule has 0 spiro atoms. The van der Waals surface area contributed by atoms with Crippen LogP contribution in [0.15, 0.2) is 54.9 Å². The molecule has 0 saturated carbocycles. The van der Waals surface area contributed by atoms with Crippen molar-refractivity contribution in [3.8, 4) is 17.3 Å². The fraction of sp³-hybridized carbons (Fsp3) is 0. The largest absolute Gasteiger partial charge is 0.422 e. The number of nitrogens with zero attached hydrogens (tertiary/aromatic N) is 2. The number of rotatable bonds is 1. The van der Waals surface area contributed by atoms with Gasteiger partial charge >= 0.3 is 5.63 Å². The molecule has 108 valence electrons. The third-order valence-electron chi connectivity index (χ3n) is 3.21. The van der Waals surface area contributed by atoms with Crippen molar-refractivity contribution in [1.29, 1.82) is 5.26 Å². The molecule has 0 bridgehead atoms. The van der Waals surface area contributed by atoms with E-state index >= 15 is 0 Å². The SMILES string of the molecule is N#Cc1ccc(-c2cc3cc(Br)ccc3oc2=O)n(N)c1=O. The minimum Gasteiger partial charge on any atom is -0.422 e. The van der Waals surface area contributed by atoms with E-state index in [1.165, 1.54) is 12.1 Å². The first kappa shape index (κ1) is 14.1. The molecule has 7 heteroatoms. The zero-order chi connectivity index (χ0) is 15.9. The van der Waals surface area contributed by atoms with E-state index in [0.29, 0.717) is 11.0 Å². The number of hydrogen-bond acceptors (Lipinski definition) is 5. The van der Waals surface area contributed by atoms with Crippen LogP contribution in [0.4, 0.5) is 0 Å². The number of fused-ring (bicyclic) bond motifs is 1. The summed E-state index contributed by atoms with van der Waals surface area (Å²) in [6.07, 6.45) is 0. The van der Waals surface area contributed by atoms with E-state index in [1.54, 1.807) is 30.3 Å². The van der Waals surface area contributed by atoms with E-state index in [0.717, 1.165) is 9.15 Å². The predicted molar refractivity (Wildman–Crippen MR) is 84.7 cm³/mol. The second-order valence-corrected chi connectivity index (χ2v) is 5.46. The smallest absolute Gasteiger partial charge is 0.345 e. The number of halogens is 1. The normalized spacial score (nSPS) is 10.5. The summed E-state index contributed by atoms with van der Waals surface area (Å²) in [5.74, 6) is 5.70. The predicted octanol–water partition coefficient (Wildman–Crippen LogP) is 1.97. The Labute approximate surface area is 132 Å². The second kappa shape index (κ2) is 5.16. The van der Waals surface area contributed by atoms with Crippen LogP contribution >= 0.6 is 15.9 Å². The van der Waals surface area contributed by atoms with Crippen LogP contribution in [0.1, 0.15) is 5.56 Å².